The van der Waals surface area contributed by atoms with Crippen LogP contribution in [0.1, 0.15) is 32.1 Å². The molecular weight excluding hydrogens is 202 g/mol. The van der Waals surface area contributed by atoms with E-state index >= 15 is 0 Å². The number of amides is 1. The van der Waals surface area contributed by atoms with Crippen LogP contribution in [0.25, 0.3) is 0 Å². The number of hydrogen-bond acceptors (Lipinski definition) is 3. The van der Waals surface area contributed by atoms with Crippen LogP contribution in [0.2, 0.25) is 0 Å². The molecule has 0 bridgehead atoms. The van der Waals surface area contributed by atoms with E-state index in [0.717, 1.165) is 26.1 Å². The fourth-order valence-corrected chi connectivity index (χ4v) is 2.59. The number of hydrogen-bond donors (Lipinski definition) is 2. The first kappa shape index (κ1) is 11.9. The lowest BCUT2D eigenvalue weighted by atomic mass is 10.1. The Kier molecular flexibility index (Phi) is 4.60. The number of rotatable bonds is 5. The zero-order valence-electron chi connectivity index (χ0n) is 10.0. The quantitative estimate of drug-likeness (QED) is 0.709. The highest BCUT2D eigenvalue weighted by Crippen LogP contribution is 2.08. The van der Waals surface area contributed by atoms with Gasteiger partial charge in [0, 0.05) is 25.6 Å². The van der Waals surface area contributed by atoms with Crippen LogP contribution in [0.5, 0.6) is 0 Å². The number of nitrogens with one attached hydrogen (secondary N) is 2. The summed E-state index contributed by atoms with van der Waals surface area (Å²) in [6.07, 6.45) is 5.66. The van der Waals surface area contributed by atoms with Crippen molar-refractivity contribution in [2.24, 2.45) is 0 Å². The van der Waals surface area contributed by atoms with E-state index in [-0.39, 0.29) is 5.91 Å². The number of carbonyl (C=O) groups is 1. The van der Waals surface area contributed by atoms with Gasteiger partial charge in [0.05, 0.1) is 0 Å². The molecule has 0 saturated carbocycles. The van der Waals surface area contributed by atoms with Gasteiger partial charge in [-0.05, 0) is 45.3 Å². The fraction of sp³-hybridized carbons (Fsp3) is 0.917. The van der Waals surface area contributed by atoms with Crippen molar-refractivity contribution in [3.05, 3.63) is 0 Å². The van der Waals surface area contributed by atoms with Crippen LogP contribution in [0.15, 0.2) is 0 Å². The van der Waals surface area contributed by atoms with E-state index in [1.165, 1.54) is 32.4 Å². The molecule has 2 N–H and O–H groups in total. The molecule has 1 unspecified atom stereocenters. The first-order chi connectivity index (χ1) is 7.84. The summed E-state index contributed by atoms with van der Waals surface area (Å²) in [6.45, 7) is 5.32. The minimum absolute atomic E-state index is 0.207. The van der Waals surface area contributed by atoms with Crippen LogP contribution < -0.4 is 10.6 Å². The summed E-state index contributed by atoms with van der Waals surface area (Å²) in [7, 11) is 0. The summed E-state index contributed by atoms with van der Waals surface area (Å²) in [4.78, 5) is 14.0. The van der Waals surface area contributed by atoms with Crippen molar-refractivity contribution in [1.29, 1.82) is 0 Å². The first-order valence-electron chi connectivity index (χ1n) is 6.57. The molecule has 0 aromatic rings. The number of nitrogens with zero attached hydrogens (tertiary/aromatic N) is 1. The maximum absolute atomic E-state index is 11.6. The topological polar surface area (TPSA) is 44.4 Å². The predicted octanol–water partition coefficient (Wildman–Crippen LogP) is 0.341. The average Bonchev–Trinajstić information content (AvgIpc) is 2.90. The summed E-state index contributed by atoms with van der Waals surface area (Å²) >= 11 is 0. The van der Waals surface area contributed by atoms with E-state index in [2.05, 4.69) is 15.5 Å². The molecule has 1 atom stereocenters. The largest absolute Gasteiger partial charge is 0.355 e. The lowest BCUT2D eigenvalue weighted by molar-refractivity contribution is -0.121. The summed E-state index contributed by atoms with van der Waals surface area (Å²) in [5, 5.41) is 6.36. The Labute approximate surface area is 97.8 Å². The molecule has 2 aliphatic rings. The molecule has 2 saturated heterocycles. The van der Waals surface area contributed by atoms with Crippen molar-refractivity contribution in [2.45, 2.75) is 38.1 Å². The second kappa shape index (κ2) is 6.21. The van der Waals surface area contributed by atoms with Crippen molar-refractivity contribution in [3.8, 4) is 0 Å². The third kappa shape index (κ3) is 3.76. The minimum Gasteiger partial charge on any atom is -0.355 e. The fourth-order valence-electron chi connectivity index (χ4n) is 2.59. The SMILES string of the molecule is O=C(CC1CCCN1)NCCN1CCCC1. The molecular formula is C12H23N3O. The number of likely N-dealkylation sites (tertiary alicyclic amines) is 1. The Hall–Kier alpha value is -0.610. The molecule has 16 heavy (non-hydrogen) atoms. The van der Waals surface area contributed by atoms with Gasteiger partial charge in [0.1, 0.15) is 0 Å². The summed E-state index contributed by atoms with van der Waals surface area (Å²) in [5.74, 6) is 0.207. The highest BCUT2D eigenvalue weighted by atomic mass is 16.1. The molecule has 2 rings (SSSR count). The Morgan fingerprint density at radius 2 is 2.12 bits per heavy atom. The Bertz CT molecular complexity index is 220. The van der Waals surface area contributed by atoms with Gasteiger partial charge in [0.2, 0.25) is 5.91 Å². The first-order valence-corrected chi connectivity index (χ1v) is 6.57. The maximum Gasteiger partial charge on any atom is 0.221 e. The van der Waals surface area contributed by atoms with Gasteiger partial charge in [0.15, 0.2) is 0 Å². The van der Waals surface area contributed by atoms with E-state index < -0.39 is 0 Å². The second-order valence-electron chi connectivity index (χ2n) is 4.90. The smallest absolute Gasteiger partial charge is 0.221 e. The highest BCUT2D eigenvalue weighted by Gasteiger charge is 2.17. The van der Waals surface area contributed by atoms with Gasteiger partial charge >= 0.3 is 0 Å². The third-order valence-corrected chi connectivity index (χ3v) is 3.54. The van der Waals surface area contributed by atoms with Gasteiger partial charge in [0.25, 0.3) is 0 Å². The summed E-state index contributed by atoms with van der Waals surface area (Å²) in [5.41, 5.74) is 0. The van der Waals surface area contributed by atoms with Crippen LogP contribution in [0.3, 0.4) is 0 Å². The van der Waals surface area contributed by atoms with Gasteiger partial charge < -0.3 is 15.5 Å². The average molecular weight is 225 g/mol. The van der Waals surface area contributed by atoms with E-state index in [9.17, 15) is 4.79 Å². The van der Waals surface area contributed by atoms with Crippen LogP contribution in [0, 0.1) is 0 Å². The van der Waals surface area contributed by atoms with Crippen molar-refractivity contribution in [2.75, 3.05) is 32.7 Å². The minimum atomic E-state index is 0.207. The van der Waals surface area contributed by atoms with E-state index in [1.54, 1.807) is 0 Å². The molecule has 4 nitrogen and oxygen atoms in total. The van der Waals surface area contributed by atoms with Crippen LogP contribution in [-0.4, -0.2) is 49.6 Å². The molecule has 2 fully saturated rings. The Morgan fingerprint density at radius 3 is 2.81 bits per heavy atom. The molecule has 0 spiro atoms. The molecule has 4 heteroatoms. The van der Waals surface area contributed by atoms with Crippen LogP contribution in [-0.2, 0) is 4.79 Å². The zero-order chi connectivity index (χ0) is 11.2. The lowest BCUT2D eigenvalue weighted by Gasteiger charge is -2.15. The van der Waals surface area contributed by atoms with Crippen LogP contribution in [0.4, 0.5) is 0 Å². The van der Waals surface area contributed by atoms with Gasteiger partial charge in [-0.2, -0.15) is 0 Å². The highest BCUT2D eigenvalue weighted by molar-refractivity contribution is 5.76. The zero-order valence-corrected chi connectivity index (χ0v) is 10.0. The van der Waals surface area contributed by atoms with E-state index in [0.29, 0.717) is 12.5 Å². The molecule has 0 aromatic heterocycles. The summed E-state index contributed by atoms with van der Waals surface area (Å²) < 4.78 is 0. The normalized spacial score (nSPS) is 26.1. The second-order valence-corrected chi connectivity index (χ2v) is 4.90. The Balaban J connectivity index is 1.52. The van der Waals surface area contributed by atoms with Gasteiger partial charge in [-0.25, -0.2) is 0 Å². The van der Waals surface area contributed by atoms with Crippen molar-refractivity contribution in [3.63, 3.8) is 0 Å². The molecule has 0 aliphatic carbocycles. The molecule has 0 radical (unpaired) electrons. The maximum atomic E-state index is 11.6. The predicted molar refractivity (Wildman–Crippen MR) is 64.3 cm³/mol. The Morgan fingerprint density at radius 1 is 1.31 bits per heavy atom. The van der Waals surface area contributed by atoms with Crippen molar-refractivity contribution >= 4 is 5.91 Å². The third-order valence-electron chi connectivity index (χ3n) is 3.54. The lowest BCUT2D eigenvalue weighted by Crippen LogP contribution is -2.36. The van der Waals surface area contributed by atoms with Gasteiger partial charge in [-0.1, -0.05) is 0 Å². The van der Waals surface area contributed by atoms with Crippen molar-refractivity contribution < 1.29 is 4.79 Å². The van der Waals surface area contributed by atoms with Crippen LogP contribution >= 0.6 is 0 Å². The molecule has 2 heterocycles. The van der Waals surface area contributed by atoms with Crippen molar-refractivity contribution in [1.82, 2.24) is 15.5 Å². The monoisotopic (exact) mass is 225 g/mol. The van der Waals surface area contributed by atoms with Gasteiger partial charge in [-0.3, -0.25) is 4.79 Å². The summed E-state index contributed by atoms with van der Waals surface area (Å²) in [6, 6.07) is 0.423. The van der Waals surface area contributed by atoms with Gasteiger partial charge in [-0.15, -0.1) is 0 Å². The molecule has 92 valence electrons. The number of carbonyl (C=O) groups excluding carboxylic acids is 1. The molecule has 1 amide bonds. The standard InChI is InChI=1S/C12H23N3O/c16-12(10-11-4-3-5-13-11)14-6-9-15-7-1-2-8-15/h11,13H,1-10H2,(H,14,16). The molecule has 0 aromatic carbocycles. The van der Waals surface area contributed by atoms with E-state index in [1.807, 2.05) is 0 Å². The molecule has 2 aliphatic heterocycles. The van der Waals surface area contributed by atoms with E-state index in [4.69, 9.17) is 0 Å².